The third-order valence-electron chi connectivity index (χ3n) is 2.45. The van der Waals surface area contributed by atoms with E-state index in [2.05, 4.69) is 0 Å². The highest BCUT2D eigenvalue weighted by Gasteiger charge is 2.15. The first-order chi connectivity index (χ1) is 8.54. The molecule has 0 bridgehead atoms. The van der Waals surface area contributed by atoms with E-state index in [1.54, 1.807) is 19.1 Å². The third kappa shape index (κ3) is 2.26. The van der Waals surface area contributed by atoms with Gasteiger partial charge in [-0.15, -0.1) is 11.3 Å². The van der Waals surface area contributed by atoms with Gasteiger partial charge in [-0.2, -0.15) is 0 Å². The van der Waals surface area contributed by atoms with E-state index < -0.39 is 5.97 Å². The Labute approximate surface area is 113 Å². The summed E-state index contributed by atoms with van der Waals surface area (Å²) >= 11 is 7.39. The van der Waals surface area contributed by atoms with Gasteiger partial charge in [-0.05, 0) is 32.0 Å². The normalized spacial score (nSPS) is 10.6. The lowest BCUT2D eigenvalue weighted by Gasteiger charge is -2.07. The van der Waals surface area contributed by atoms with E-state index in [9.17, 15) is 9.59 Å². The fourth-order valence-corrected chi connectivity index (χ4v) is 3.08. The summed E-state index contributed by atoms with van der Waals surface area (Å²) in [4.78, 5) is 24.6. The van der Waals surface area contributed by atoms with Crippen LogP contribution in [0.3, 0.4) is 0 Å². The van der Waals surface area contributed by atoms with Crippen molar-refractivity contribution >= 4 is 39.0 Å². The molecule has 0 unspecified atom stereocenters. The molecule has 1 heterocycles. The molecule has 0 saturated heterocycles. The molecule has 0 aliphatic heterocycles. The van der Waals surface area contributed by atoms with Gasteiger partial charge in [-0.1, -0.05) is 11.6 Å². The monoisotopic (exact) mass is 282 g/mol. The second-order valence-corrected chi connectivity index (χ2v) is 5.40. The zero-order valence-corrected chi connectivity index (χ0v) is 11.5. The molecule has 2 rings (SSSR count). The van der Waals surface area contributed by atoms with Crippen LogP contribution in [0.2, 0.25) is 5.02 Å². The smallest absolute Gasteiger partial charge is 0.339 e. The van der Waals surface area contributed by atoms with E-state index in [0.29, 0.717) is 27.3 Å². The van der Waals surface area contributed by atoms with E-state index in [0.717, 1.165) is 4.88 Å². The number of carbonyl (C=O) groups excluding carboxylic acids is 1. The lowest BCUT2D eigenvalue weighted by molar-refractivity contribution is 0.0529. The number of rotatable bonds is 2. The molecule has 0 aliphatic rings. The number of benzene rings is 1. The zero-order chi connectivity index (χ0) is 13.3. The quantitative estimate of drug-likeness (QED) is 0.793. The van der Waals surface area contributed by atoms with Crippen LogP contribution in [0, 0.1) is 6.92 Å². The lowest BCUT2D eigenvalue weighted by Crippen LogP contribution is -2.08. The average Bonchev–Trinajstić information content (AvgIpc) is 2.28. The van der Waals surface area contributed by atoms with Crippen LogP contribution in [0.5, 0.6) is 0 Å². The Bertz CT molecular complexity index is 676. The Balaban J connectivity index is 2.81. The van der Waals surface area contributed by atoms with Gasteiger partial charge in [0.25, 0.3) is 0 Å². The molecule has 94 valence electrons. The van der Waals surface area contributed by atoms with E-state index in [4.69, 9.17) is 16.3 Å². The fraction of sp³-hybridized carbons (Fsp3) is 0.231. The molecule has 3 nitrogen and oxygen atoms in total. The predicted molar refractivity (Wildman–Crippen MR) is 73.8 cm³/mol. The number of aryl methyl sites for hydroxylation is 1. The molecule has 0 radical (unpaired) electrons. The van der Waals surface area contributed by atoms with Crippen LogP contribution in [0.25, 0.3) is 10.1 Å². The minimum absolute atomic E-state index is 0.169. The summed E-state index contributed by atoms with van der Waals surface area (Å²) in [6, 6.07) is 4.67. The molecule has 1 aromatic carbocycles. The van der Waals surface area contributed by atoms with E-state index in [-0.39, 0.29) is 5.43 Å². The van der Waals surface area contributed by atoms with Gasteiger partial charge in [0.2, 0.25) is 0 Å². The molecule has 5 heteroatoms. The highest BCUT2D eigenvalue weighted by molar-refractivity contribution is 7.18. The van der Waals surface area contributed by atoms with Crippen molar-refractivity contribution in [2.75, 3.05) is 6.61 Å². The molecule has 1 aromatic heterocycles. The van der Waals surface area contributed by atoms with Gasteiger partial charge in [0.15, 0.2) is 5.43 Å². The molecule has 18 heavy (non-hydrogen) atoms. The summed E-state index contributed by atoms with van der Waals surface area (Å²) in [7, 11) is 0. The minimum Gasteiger partial charge on any atom is -0.462 e. The van der Waals surface area contributed by atoms with E-state index in [1.165, 1.54) is 17.4 Å². The topological polar surface area (TPSA) is 43.4 Å². The highest BCUT2D eigenvalue weighted by Crippen LogP contribution is 2.29. The number of ether oxygens (including phenoxy) is 1. The summed E-state index contributed by atoms with van der Waals surface area (Å²) in [6.07, 6.45) is 0. The predicted octanol–water partition coefficient (Wildman–Crippen LogP) is 3.40. The average molecular weight is 283 g/mol. The van der Waals surface area contributed by atoms with Crippen LogP contribution in [-0.2, 0) is 4.74 Å². The molecule has 0 atom stereocenters. The molecular formula is C13H11ClO3S. The van der Waals surface area contributed by atoms with Gasteiger partial charge in [0.1, 0.15) is 0 Å². The Morgan fingerprint density at radius 3 is 2.83 bits per heavy atom. The summed E-state index contributed by atoms with van der Waals surface area (Å²) in [5.41, 5.74) is 0.222. The van der Waals surface area contributed by atoms with Crippen molar-refractivity contribution in [2.24, 2.45) is 0 Å². The van der Waals surface area contributed by atoms with Crippen molar-refractivity contribution in [1.29, 1.82) is 0 Å². The molecule has 0 spiro atoms. The van der Waals surface area contributed by atoms with Gasteiger partial charge in [-0.25, -0.2) is 4.79 Å². The Morgan fingerprint density at radius 2 is 2.17 bits per heavy atom. The van der Waals surface area contributed by atoms with Crippen molar-refractivity contribution in [2.45, 2.75) is 13.8 Å². The van der Waals surface area contributed by atoms with Gasteiger partial charge in [0.05, 0.1) is 27.3 Å². The molecule has 2 aromatic rings. The van der Waals surface area contributed by atoms with Crippen molar-refractivity contribution in [3.05, 3.63) is 43.9 Å². The van der Waals surface area contributed by atoms with Gasteiger partial charge in [-0.3, -0.25) is 4.79 Å². The lowest BCUT2D eigenvalue weighted by atomic mass is 10.1. The maximum atomic E-state index is 11.9. The third-order valence-corrected chi connectivity index (χ3v) is 3.83. The maximum absolute atomic E-state index is 11.9. The number of carbonyl (C=O) groups is 1. The summed E-state index contributed by atoms with van der Waals surface area (Å²) in [5.74, 6) is -0.430. The van der Waals surface area contributed by atoms with Crippen LogP contribution in [0.15, 0.2) is 23.0 Å². The molecule has 0 amide bonds. The first-order valence-corrected chi connectivity index (χ1v) is 6.64. The Morgan fingerprint density at radius 1 is 1.44 bits per heavy atom. The minimum atomic E-state index is -0.430. The standard InChI is InChI=1S/C13H11ClO3S/c1-3-17-13(16)8-4-5-9(14)11-10(15)6-7(2)18-12(8)11/h4-6H,3H2,1-2H3. The number of fused-ring (bicyclic) bond motifs is 1. The van der Waals surface area contributed by atoms with Crippen molar-refractivity contribution < 1.29 is 9.53 Å². The van der Waals surface area contributed by atoms with Gasteiger partial charge < -0.3 is 4.74 Å². The first kappa shape index (κ1) is 13.1. The summed E-state index contributed by atoms with van der Waals surface area (Å²) in [5, 5.41) is 0.747. The summed E-state index contributed by atoms with van der Waals surface area (Å²) in [6.45, 7) is 3.86. The second kappa shape index (κ2) is 5.08. The van der Waals surface area contributed by atoms with Crippen LogP contribution in [0.4, 0.5) is 0 Å². The highest BCUT2D eigenvalue weighted by atomic mass is 35.5. The number of hydrogen-bond donors (Lipinski definition) is 0. The molecule has 0 N–H and O–H groups in total. The van der Waals surface area contributed by atoms with Crippen molar-refractivity contribution in [3.63, 3.8) is 0 Å². The van der Waals surface area contributed by atoms with Gasteiger partial charge in [0, 0.05) is 4.88 Å². The maximum Gasteiger partial charge on any atom is 0.339 e. The molecule has 0 aliphatic carbocycles. The van der Waals surface area contributed by atoms with Crippen molar-refractivity contribution in [3.8, 4) is 0 Å². The van der Waals surface area contributed by atoms with E-state index >= 15 is 0 Å². The Kier molecular flexibility index (Phi) is 3.68. The van der Waals surface area contributed by atoms with Crippen LogP contribution in [0.1, 0.15) is 22.2 Å². The molecular weight excluding hydrogens is 272 g/mol. The SMILES string of the molecule is CCOC(=O)c1ccc(Cl)c2c(=O)cc(C)sc12. The van der Waals surface area contributed by atoms with Crippen molar-refractivity contribution in [1.82, 2.24) is 0 Å². The largest absolute Gasteiger partial charge is 0.462 e. The number of esters is 1. The number of hydrogen-bond acceptors (Lipinski definition) is 4. The molecule has 0 fully saturated rings. The van der Waals surface area contributed by atoms with Crippen LogP contribution < -0.4 is 5.43 Å². The van der Waals surface area contributed by atoms with Crippen LogP contribution in [-0.4, -0.2) is 12.6 Å². The molecule has 0 saturated carbocycles. The fourth-order valence-electron chi connectivity index (χ4n) is 1.71. The zero-order valence-electron chi connectivity index (χ0n) is 9.95. The first-order valence-electron chi connectivity index (χ1n) is 5.44. The van der Waals surface area contributed by atoms with Gasteiger partial charge >= 0.3 is 5.97 Å². The number of halogens is 1. The second-order valence-electron chi connectivity index (χ2n) is 3.74. The van der Waals surface area contributed by atoms with E-state index in [1.807, 2.05) is 6.92 Å². The summed E-state index contributed by atoms with van der Waals surface area (Å²) < 4.78 is 5.57. The van der Waals surface area contributed by atoms with Crippen LogP contribution >= 0.6 is 22.9 Å². The Hall–Kier alpha value is -1.39.